The fourth-order valence-corrected chi connectivity index (χ4v) is 1.64. The lowest BCUT2D eigenvalue weighted by Crippen LogP contribution is -2.63. The number of aromatic nitrogens is 2. The van der Waals surface area contributed by atoms with Crippen molar-refractivity contribution in [3.05, 3.63) is 16.9 Å². The Balaban J connectivity index is 2.08. The summed E-state index contributed by atoms with van der Waals surface area (Å²) in [5.74, 6) is -2.30. The minimum atomic E-state index is -5.11. The summed E-state index contributed by atoms with van der Waals surface area (Å²) in [5, 5.41) is 9.36. The van der Waals surface area contributed by atoms with E-state index in [0.717, 1.165) is 4.90 Å². The highest BCUT2D eigenvalue weighted by Crippen LogP contribution is 2.27. The molecule has 0 spiro atoms. The topological polar surface area (TPSA) is 75.6 Å². The Kier molecular flexibility index (Phi) is 3.63. The molecule has 1 N–H and O–H groups in total. The number of carbonyl (C=O) groups is 1. The normalized spacial score (nSPS) is 22.9. The van der Waals surface area contributed by atoms with Crippen molar-refractivity contribution in [3.63, 3.8) is 0 Å². The lowest BCUT2D eigenvalue weighted by Gasteiger charge is -2.43. The van der Waals surface area contributed by atoms with Crippen LogP contribution in [-0.2, 0) is 9.53 Å². The summed E-state index contributed by atoms with van der Waals surface area (Å²) in [5.41, 5.74) is 0. The Hall–Kier alpha value is -1.42. The Morgan fingerprint density at radius 3 is 2.53 bits per heavy atom. The van der Waals surface area contributed by atoms with Gasteiger partial charge in [0.1, 0.15) is 6.10 Å². The molecule has 1 aromatic rings. The Labute approximate surface area is 113 Å². The summed E-state index contributed by atoms with van der Waals surface area (Å²) in [6.45, 7) is -0.0164. The summed E-state index contributed by atoms with van der Waals surface area (Å²) in [6.07, 6.45) is -4.98. The van der Waals surface area contributed by atoms with Crippen molar-refractivity contribution in [1.29, 1.82) is 0 Å². The van der Waals surface area contributed by atoms with Crippen molar-refractivity contribution in [3.8, 4) is 0 Å². The third-order valence-corrected chi connectivity index (χ3v) is 2.75. The highest BCUT2D eigenvalue weighted by molar-refractivity contribution is 9.10. The molecule has 1 aromatic heterocycles. The molecule has 1 aliphatic heterocycles. The maximum atomic E-state index is 12.1. The number of ether oxygens (including phenoxy) is 1. The number of esters is 1. The third kappa shape index (κ3) is 2.95. The third-order valence-electron chi connectivity index (χ3n) is 2.34. The van der Waals surface area contributed by atoms with Gasteiger partial charge in [-0.05, 0) is 15.9 Å². The second-order valence-corrected chi connectivity index (χ2v) is 4.63. The van der Waals surface area contributed by atoms with Gasteiger partial charge in [-0.2, -0.15) is 13.2 Å². The van der Waals surface area contributed by atoms with Gasteiger partial charge < -0.3 is 14.7 Å². The molecule has 0 bridgehead atoms. The van der Waals surface area contributed by atoms with Crippen LogP contribution >= 0.6 is 15.9 Å². The highest BCUT2D eigenvalue weighted by atomic mass is 79.9. The van der Waals surface area contributed by atoms with Gasteiger partial charge in [-0.3, -0.25) is 0 Å². The first-order valence-corrected chi connectivity index (χ1v) is 5.78. The van der Waals surface area contributed by atoms with Gasteiger partial charge in [0.25, 0.3) is 0 Å². The van der Waals surface area contributed by atoms with Crippen LogP contribution in [0.15, 0.2) is 16.9 Å². The van der Waals surface area contributed by atoms with Crippen LogP contribution in [0.1, 0.15) is 0 Å². The number of rotatable bonds is 2. The van der Waals surface area contributed by atoms with E-state index in [4.69, 9.17) is 0 Å². The first-order chi connectivity index (χ1) is 8.79. The Morgan fingerprint density at radius 2 is 2.05 bits per heavy atom. The second kappa shape index (κ2) is 4.93. The highest BCUT2D eigenvalue weighted by Gasteiger charge is 2.48. The number of nitrogens with zero attached hydrogens (tertiary/aromatic N) is 3. The summed E-state index contributed by atoms with van der Waals surface area (Å²) in [6, 6.07) is 0. The van der Waals surface area contributed by atoms with E-state index < -0.39 is 24.5 Å². The second-order valence-electron chi connectivity index (χ2n) is 3.71. The van der Waals surface area contributed by atoms with Crippen LogP contribution in [0.4, 0.5) is 19.1 Å². The minimum absolute atomic E-state index is 0.0164. The fourth-order valence-electron chi connectivity index (χ4n) is 1.43. The van der Waals surface area contributed by atoms with Crippen molar-refractivity contribution < 1.29 is 27.8 Å². The van der Waals surface area contributed by atoms with Crippen LogP contribution in [0.2, 0.25) is 0 Å². The molecule has 2 atom stereocenters. The van der Waals surface area contributed by atoms with Crippen molar-refractivity contribution in [2.45, 2.75) is 18.5 Å². The number of hydrogen-bond acceptors (Lipinski definition) is 6. The van der Waals surface area contributed by atoms with E-state index >= 15 is 0 Å². The summed E-state index contributed by atoms with van der Waals surface area (Å²) < 4.78 is 41.0. The molecule has 1 saturated heterocycles. The molecule has 6 nitrogen and oxygen atoms in total. The fraction of sp³-hybridized carbons (Fsp3) is 0.444. The molecule has 1 aliphatic rings. The van der Waals surface area contributed by atoms with E-state index in [1.807, 2.05) is 0 Å². The number of anilines is 1. The number of β-amino-alcohol motifs (C(OH)–C–C–N with tert-alkyl or cyclic N) is 1. The standard InChI is InChI=1S/C9H7BrF3N3O3/c10-4-1-14-8(15-2-4)16-3-5(17)6(16)19-7(18)9(11,12)13/h1-2,5-6,17H,3H2. The molecule has 0 aliphatic carbocycles. The van der Waals surface area contributed by atoms with E-state index in [0.29, 0.717) is 4.47 Å². The molecule has 1 fully saturated rings. The van der Waals surface area contributed by atoms with Gasteiger partial charge in [0.05, 0.1) is 11.0 Å². The van der Waals surface area contributed by atoms with Crippen molar-refractivity contribution >= 4 is 27.8 Å². The molecule has 10 heteroatoms. The van der Waals surface area contributed by atoms with E-state index in [2.05, 4.69) is 30.6 Å². The lowest BCUT2D eigenvalue weighted by molar-refractivity contribution is -0.213. The van der Waals surface area contributed by atoms with E-state index in [1.54, 1.807) is 0 Å². The first-order valence-electron chi connectivity index (χ1n) is 4.99. The van der Waals surface area contributed by atoms with Crippen LogP contribution in [0.5, 0.6) is 0 Å². The van der Waals surface area contributed by atoms with Gasteiger partial charge in [-0.25, -0.2) is 14.8 Å². The summed E-state index contributed by atoms with van der Waals surface area (Å²) in [4.78, 5) is 19.5. The average Bonchev–Trinajstić information content (AvgIpc) is 2.33. The maximum Gasteiger partial charge on any atom is 0.491 e. The van der Waals surface area contributed by atoms with Gasteiger partial charge in [-0.15, -0.1) is 0 Å². The van der Waals surface area contributed by atoms with Gasteiger partial charge in [-0.1, -0.05) is 0 Å². The number of halogens is 4. The smallest absolute Gasteiger partial charge is 0.432 e. The zero-order valence-corrected chi connectivity index (χ0v) is 10.7. The van der Waals surface area contributed by atoms with Gasteiger partial charge in [0.2, 0.25) is 12.2 Å². The van der Waals surface area contributed by atoms with E-state index in [-0.39, 0.29) is 12.5 Å². The van der Waals surface area contributed by atoms with Crippen LogP contribution in [0.25, 0.3) is 0 Å². The molecular weight excluding hydrogens is 335 g/mol. The number of carbonyl (C=O) groups excluding carboxylic acids is 1. The Morgan fingerprint density at radius 1 is 1.47 bits per heavy atom. The van der Waals surface area contributed by atoms with Crippen molar-refractivity contribution in [1.82, 2.24) is 9.97 Å². The number of hydrogen-bond donors (Lipinski definition) is 1. The monoisotopic (exact) mass is 341 g/mol. The van der Waals surface area contributed by atoms with Crippen LogP contribution in [-0.4, -0.2) is 46.1 Å². The summed E-state index contributed by atoms with van der Waals surface area (Å²) in [7, 11) is 0. The van der Waals surface area contributed by atoms with Crippen molar-refractivity contribution in [2.75, 3.05) is 11.4 Å². The van der Waals surface area contributed by atoms with E-state index in [1.165, 1.54) is 12.4 Å². The SMILES string of the molecule is O=C(OC1C(O)CN1c1ncc(Br)cn1)C(F)(F)F. The minimum Gasteiger partial charge on any atom is -0.432 e. The van der Waals surface area contributed by atoms with Gasteiger partial charge in [0, 0.05) is 12.4 Å². The average molecular weight is 342 g/mol. The molecular formula is C9H7BrF3N3O3. The molecule has 104 valence electrons. The van der Waals surface area contributed by atoms with Gasteiger partial charge >= 0.3 is 12.1 Å². The number of alkyl halides is 3. The zero-order chi connectivity index (χ0) is 14.2. The number of aliphatic hydroxyl groups is 1. The molecule has 0 amide bonds. The predicted octanol–water partition coefficient (Wildman–Crippen LogP) is 0.852. The molecule has 19 heavy (non-hydrogen) atoms. The molecule has 2 rings (SSSR count). The van der Waals surface area contributed by atoms with Crippen LogP contribution in [0.3, 0.4) is 0 Å². The predicted molar refractivity (Wildman–Crippen MR) is 59.0 cm³/mol. The number of aliphatic hydroxyl groups excluding tert-OH is 1. The lowest BCUT2D eigenvalue weighted by atomic mass is 10.1. The molecule has 0 radical (unpaired) electrons. The van der Waals surface area contributed by atoms with Crippen LogP contribution in [0, 0.1) is 0 Å². The van der Waals surface area contributed by atoms with E-state index in [9.17, 15) is 23.1 Å². The van der Waals surface area contributed by atoms with Crippen molar-refractivity contribution in [2.24, 2.45) is 0 Å². The molecule has 2 unspecified atom stereocenters. The quantitative estimate of drug-likeness (QED) is 0.804. The molecule has 0 saturated carbocycles. The van der Waals surface area contributed by atoms with Crippen LogP contribution < -0.4 is 4.90 Å². The largest absolute Gasteiger partial charge is 0.491 e. The molecule has 0 aromatic carbocycles. The summed E-state index contributed by atoms with van der Waals surface area (Å²) >= 11 is 3.10. The Bertz CT molecular complexity index is 482. The zero-order valence-electron chi connectivity index (χ0n) is 9.13. The molecule has 2 heterocycles. The maximum absolute atomic E-state index is 12.1. The van der Waals surface area contributed by atoms with Gasteiger partial charge in [0.15, 0.2) is 0 Å². The first kappa shape index (κ1) is 14.0.